The molecule has 0 amide bonds. The molecular weight excluding hydrogens is 250 g/mol. The van der Waals surface area contributed by atoms with Gasteiger partial charge >= 0.3 is 0 Å². The minimum atomic E-state index is 0.801. The van der Waals surface area contributed by atoms with Gasteiger partial charge in [-0.05, 0) is 51.7 Å². The molecule has 2 aliphatic heterocycles. The molecule has 0 spiro atoms. The first-order chi connectivity index (χ1) is 9.92. The Bertz CT molecular complexity index is 277. The lowest BCUT2D eigenvalue weighted by molar-refractivity contribution is 0.0185. The van der Waals surface area contributed by atoms with Crippen molar-refractivity contribution in [3.63, 3.8) is 0 Å². The molecular formula is C16H31N3O. The van der Waals surface area contributed by atoms with Gasteiger partial charge in [-0.2, -0.15) is 0 Å². The third kappa shape index (κ3) is 4.69. The van der Waals surface area contributed by atoms with Crippen LogP contribution in [0.4, 0.5) is 0 Å². The Kier molecular flexibility index (Phi) is 5.71. The van der Waals surface area contributed by atoms with Crippen LogP contribution in [0.1, 0.15) is 38.5 Å². The van der Waals surface area contributed by atoms with Crippen LogP contribution >= 0.6 is 0 Å². The lowest BCUT2D eigenvalue weighted by atomic mass is 10.2. The number of ether oxygens (including phenoxy) is 1. The molecule has 0 radical (unpaired) electrons. The summed E-state index contributed by atoms with van der Waals surface area (Å²) >= 11 is 0. The molecule has 0 bridgehead atoms. The van der Waals surface area contributed by atoms with Crippen molar-refractivity contribution in [3.05, 3.63) is 0 Å². The Morgan fingerprint density at radius 1 is 0.950 bits per heavy atom. The first-order valence-electron chi connectivity index (χ1n) is 8.69. The van der Waals surface area contributed by atoms with Gasteiger partial charge in [0.1, 0.15) is 0 Å². The highest BCUT2D eigenvalue weighted by Gasteiger charge is 2.28. The zero-order valence-corrected chi connectivity index (χ0v) is 12.9. The summed E-state index contributed by atoms with van der Waals surface area (Å²) in [7, 11) is 0. The SMILES string of the molecule is C(CCNC1CC1)CCN1CCC(N2CCOCC2)C1. The van der Waals surface area contributed by atoms with Gasteiger partial charge in [-0.25, -0.2) is 0 Å². The average molecular weight is 281 g/mol. The average Bonchev–Trinajstić information content (AvgIpc) is 3.20. The standard InChI is InChI=1S/C16H31N3O/c1(2-7-17-15-4-5-15)3-8-18-9-6-16(14-18)19-10-12-20-13-11-19/h15-17H,1-14H2. The summed E-state index contributed by atoms with van der Waals surface area (Å²) in [4.78, 5) is 5.32. The van der Waals surface area contributed by atoms with Gasteiger partial charge in [0.25, 0.3) is 0 Å². The number of nitrogens with zero attached hydrogens (tertiary/aromatic N) is 2. The molecule has 0 aromatic heterocycles. The Morgan fingerprint density at radius 2 is 1.80 bits per heavy atom. The fourth-order valence-corrected chi connectivity index (χ4v) is 3.49. The van der Waals surface area contributed by atoms with Crippen LogP contribution in [0.25, 0.3) is 0 Å². The van der Waals surface area contributed by atoms with Crippen LogP contribution in [-0.2, 0) is 4.74 Å². The van der Waals surface area contributed by atoms with Crippen molar-refractivity contribution in [3.8, 4) is 0 Å². The van der Waals surface area contributed by atoms with Gasteiger partial charge in [-0.15, -0.1) is 0 Å². The van der Waals surface area contributed by atoms with Gasteiger partial charge in [-0.3, -0.25) is 4.90 Å². The Morgan fingerprint density at radius 3 is 2.60 bits per heavy atom. The molecule has 3 aliphatic rings. The third-order valence-electron chi connectivity index (χ3n) is 4.97. The highest BCUT2D eigenvalue weighted by Crippen LogP contribution is 2.19. The minimum absolute atomic E-state index is 0.801. The second kappa shape index (κ2) is 7.74. The predicted octanol–water partition coefficient (Wildman–Crippen LogP) is 1.32. The zero-order chi connectivity index (χ0) is 13.6. The van der Waals surface area contributed by atoms with Gasteiger partial charge in [-0.1, -0.05) is 6.42 Å². The van der Waals surface area contributed by atoms with Gasteiger partial charge in [0.15, 0.2) is 0 Å². The summed E-state index contributed by atoms with van der Waals surface area (Å²) in [6.07, 6.45) is 8.31. The maximum absolute atomic E-state index is 5.45. The van der Waals surface area contributed by atoms with E-state index >= 15 is 0 Å². The highest BCUT2D eigenvalue weighted by molar-refractivity contribution is 4.84. The maximum Gasteiger partial charge on any atom is 0.0594 e. The third-order valence-corrected chi connectivity index (χ3v) is 4.97. The van der Waals surface area contributed by atoms with E-state index in [4.69, 9.17) is 4.74 Å². The van der Waals surface area contributed by atoms with Crippen molar-refractivity contribution in [2.24, 2.45) is 0 Å². The highest BCUT2D eigenvalue weighted by atomic mass is 16.5. The molecule has 3 fully saturated rings. The van der Waals surface area contributed by atoms with Gasteiger partial charge in [0, 0.05) is 31.7 Å². The molecule has 3 rings (SSSR count). The van der Waals surface area contributed by atoms with Crippen molar-refractivity contribution < 1.29 is 4.74 Å². The van der Waals surface area contributed by atoms with Crippen molar-refractivity contribution in [1.29, 1.82) is 0 Å². The van der Waals surface area contributed by atoms with Crippen LogP contribution in [0.3, 0.4) is 0 Å². The van der Waals surface area contributed by atoms with Crippen molar-refractivity contribution in [2.45, 2.75) is 50.6 Å². The van der Waals surface area contributed by atoms with Gasteiger partial charge in [0.2, 0.25) is 0 Å². The quantitative estimate of drug-likeness (QED) is 0.679. The monoisotopic (exact) mass is 281 g/mol. The van der Waals surface area contributed by atoms with Crippen molar-refractivity contribution >= 4 is 0 Å². The summed E-state index contributed by atoms with van der Waals surface area (Å²) in [6.45, 7) is 9.31. The predicted molar refractivity (Wildman–Crippen MR) is 82.1 cm³/mol. The molecule has 0 aromatic carbocycles. The molecule has 1 N–H and O–H groups in total. The number of unbranched alkanes of at least 4 members (excludes halogenated alkanes) is 2. The molecule has 1 aliphatic carbocycles. The van der Waals surface area contributed by atoms with E-state index in [0.717, 1.165) is 38.4 Å². The molecule has 2 heterocycles. The second-order valence-corrected chi connectivity index (χ2v) is 6.68. The van der Waals surface area contributed by atoms with E-state index in [2.05, 4.69) is 15.1 Å². The van der Waals surface area contributed by atoms with E-state index in [-0.39, 0.29) is 0 Å². The second-order valence-electron chi connectivity index (χ2n) is 6.68. The molecule has 4 heteroatoms. The summed E-state index contributed by atoms with van der Waals surface area (Å²) in [6, 6.07) is 1.68. The largest absolute Gasteiger partial charge is 0.379 e. The first-order valence-corrected chi connectivity index (χ1v) is 8.69. The smallest absolute Gasteiger partial charge is 0.0594 e. The summed E-state index contributed by atoms with van der Waals surface area (Å²) in [5, 5.41) is 3.60. The molecule has 2 saturated heterocycles. The number of likely N-dealkylation sites (tertiary alicyclic amines) is 1. The molecule has 1 unspecified atom stereocenters. The van der Waals surface area contributed by atoms with Crippen LogP contribution in [0.2, 0.25) is 0 Å². The van der Waals surface area contributed by atoms with Crippen LogP contribution in [0.15, 0.2) is 0 Å². The molecule has 20 heavy (non-hydrogen) atoms. The van der Waals surface area contributed by atoms with Gasteiger partial charge in [0.05, 0.1) is 13.2 Å². The first kappa shape index (κ1) is 14.8. The Labute approximate surface area is 123 Å². The molecule has 1 atom stereocenters. The van der Waals surface area contributed by atoms with Crippen molar-refractivity contribution in [1.82, 2.24) is 15.1 Å². The summed E-state index contributed by atoms with van der Waals surface area (Å²) in [5.74, 6) is 0. The molecule has 0 aromatic rings. The number of hydrogen-bond donors (Lipinski definition) is 1. The fourth-order valence-electron chi connectivity index (χ4n) is 3.49. The van der Waals surface area contributed by atoms with E-state index < -0.39 is 0 Å². The van der Waals surface area contributed by atoms with Crippen LogP contribution in [0, 0.1) is 0 Å². The van der Waals surface area contributed by atoms with Crippen LogP contribution in [0.5, 0.6) is 0 Å². The molecule has 4 nitrogen and oxygen atoms in total. The van der Waals surface area contributed by atoms with Crippen molar-refractivity contribution in [2.75, 3.05) is 52.5 Å². The maximum atomic E-state index is 5.45. The van der Waals surface area contributed by atoms with E-state index in [9.17, 15) is 0 Å². The lowest BCUT2D eigenvalue weighted by Gasteiger charge is -2.32. The fraction of sp³-hybridized carbons (Fsp3) is 1.00. The van der Waals surface area contributed by atoms with E-state index in [1.165, 1.54) is 64.7 Å². The topological polar surface area (TPSA) is 27.7 Å². The normalized spacial score (nSPS) is 29.1. The van der Waals surface area contributed by atoms with E-state index in [1.807, 2.05) is 0 Å². The number of nitrogens with one attached hydrogen (secondary N) is 1. The lowest BCUT2D eigenvalue weighted by Crippen LogP contribution is -2.44. The Balaban J connectivity index is 1.22. The summed E-state index contributed by atoms with van der Waals surface area (Å²) < 4.78 is 5.45. The van der Waals surface area contributed by atoms with E-state index in [1.54, 1.807) is 0 Å². The zero-order valence-electron chi connectivity index (χ0n) is 12.9. The van der Waals surface area contributed by atoms with E-state index in [0.29, 0.717) is 0 Å². The van der Waals surface area contributed by atoms with Crippen LogP contribution < -0.4 is 5.32 Å². The molecule has 1 saturated carbocycles. The number of morpholine rings is 1. The molecule has 116 valence electrons. The number of hydrogen-bond acceptors (Lipinski definition) is 4. The number of rotatable bonds is 8. The van der Waals surface area contributed by atoms with Gasteiger partial charge < -0.3 is 15.0 Å². The minimum Gasteiger partial charge on any atom is -0.379 e. The van der Waals surface area contributed by atoms with Crippen LogP contribution in [-0.4, -0.2) is 74.4 Å². The summed E-state index contributed by atoms with van der Waals surface area (Å²) in [5.41, 5.74) is 0. The Hall–Kier alpha value is -0.160.